The first-order chi connectivity index (χ1) is 4.70. The molecule has 10 heavy (non-hydrogen) atoms. The number of nitrogens with zero attached hydrogens (tertiary/aromatic N) is 1. The van der Waals surface area contributed by atoms with Gasteiger partial charge in [-0.05, 0) is 6.92 Å². The molecule has 1 heterocycles. The maximum absolute atomic E-state index is 10.6. The Balaban J connectivity index is 2.33. The molecule has 1 rings (SSSR count). The molecule has 1 N–H and O–H groups in total. The van der Waals surface area contributed by atoms with Crippen LogP contribution in [0.4, 0.5) is 0 Å². The molecule has 0 aliphatic carbocycles. The van der Waals surface area contributed by atoms with Crippen molar-refractivity contribution in [3.05, 3.63) is 0 Å². The number of rotatable bonds is 2. The minimum atomic E-state index is 0.0731. The minimum absolute atomic E-state index is 0.0731. The fraction of sp³-hybridized carbons (Fsp3) is 0.833. The summed E-state index contributed by atoms with van der Waals surface area (Å²) in [5.41, 5.74) is 0.0731. The van der Waals surface area contributed by atoms with E-state index in [0.717, 1.165) is 13.1 Å². The predicted octanol–water partition coefficient (Wildman–Crippen LogP) is -0.306. The number of hydrogen-bond acceptors (Lipinski definition) is 4. The molecule has 0 amide bonds. The van der Waals surface area contributed by atoms with E-state index in [0.29, 0.717) is 6.54 Å². The first-order valence-corrected chi connectivity index (χ1v) is 3.87. The van der Waals surface area contributed by atoms with Gasteiger partial charge in [-0.15, -0.1) is 12.6 Å². The van der Waals surface area contributed by atoms with E-state index >= 15 is 0 Å². The first-order valence-electron chi connectivity index (χ1n) is 3.35. The number of nitrogens with one attached hydrogen (secondary N) is 1. The fourth-order valence-electron chi connectivity index (χ4n) is 1.04. The second-order valence-corrected chi connectivity index (χ2v) is 2.99. The average Bonchev–Trinajstić information content (AvgIpc) is 2.15. The van der Waals surface area contributed by atoms with Crippen LogP contribution in [0.5, 0.6) is 0 Å². The number of Topliss-reactive ketones (excluding diaryl/α,β-unsaturated/α-hetero) is 1. The van der Waals surface area contributed by atoms with Crippen molar-refractivity contribution in [2.24, 2.45) is 0 Å². The molecular weight excluding hydrogens is 148 g/mol. The molecule has 0 radical (unpaired) electrons. The molecule has 1 aliphatic rings. The first kappa shape index (κ1) is 8.04. The van der Waals surface area contributed by atoms with Crippen molar-refractivity contribution in [3.8, 4) is 0 Å². The molecule has 0 aromatic carbocycles. The summed E-state index contributed by atoms with van der Waals surface area (Å²) >= 11 is 4.22. The molecular formula is C6H12N2OS. The van der Waals surface area contributed by atoms with Crippen LogP contribution >= 0.6 is 12.6 Å². The molecule has 0 saturated carbocycles. The average molecular weight is 160 g/mol. The summed E-state index contributed by atoms with van der Waals surface area (Å²) in [6.07, 6.45) is 0. The Kier molecular flexibility index (Phi) is 2.71. The van der Waals surface area contributed by atoms with Crippen LogP contribution < -0.4 is 5.32 Å². The standard InChI is InChI=1S/C6H12N2OS/c1-5(9)4-8-3-2-7-6(8)10/h6-7,10H,2-4H2,1H3. The Morgan fingerprint density at radius 1 is 1.90 bits per heavy atom. The van der Waals surface area contributed by atoms with Crippen LogP contribution in [0.3, 0.4) is 0 Å². The molecule has 0 bridgehead atoms. The Labute approximate surface area is 66.2 Å². The normalized spacial score (nSPS) is 27.2. The monoisotopic (exact) mass is 160 g/mol. The van der Waals surface area contributed by atoms with Crippen LogP contribution in [0, 0.1) is 0 Å². The Hall–Kier alpha value is -0.0600. The van der Waals surface area contributed by atoms with E-state index in [9.17, 15) is 4.79 Å². The highest BCUT2D eigenvalue weighted by molar-refractivity contribution is 7.80. The highest BCUT2D eigenvalue weighted by Crippen LogP contribution is 2.05. The number of thiol groups is 1. The largest absolute Gasteiger partial charge is 0.299 e. The smallest absolute Gasteiger partial charge is 0.143 e. The lowest BCUT2D eigenvalue weighted by Gasteiger charge is -2.16. The van der Waals surface area contributed by atoms with Crippen molar-refractivity contribution in [1.29, 1.82) is 0 Å². The topological polar surface area (TPSA) is 32.3 Å². The number of hydrogen-bond donors (Lipinski definition) is 2. The zero-order valence-corrected chi connectivity index (χ0v) is 6.90. The van der Waals surface area contributed by atoms with Gasteiger partial charge in [-0.1, -0.05) is 0 Å². The quantitative estimate of drug-likeness (QED) is 0.544. The summed E-state index contributed by atoms with van der Waals surface area (Å²) in [4.78, 5) is 12.6. The molecule has 3 nitrogen and oxygen atoms in total. The van der Waals surface area contributed by atoms with E-state index in [4.69, 9.17) is 0 Å². The molecule has 4 heteroatoms. The van der Waals surface area contributed by atoms with E-state index in [1.165, 1.54) is 0 Å². The molecule has 1 atom stereocenters. The third-order valence-electron chi connectivity index (χ3n) is 1.50. The highest BCUT2D eigenvalue weighted by Gasteiger charge is 2.20. The zero-order valence-electron chi connectivity index (χ0n) is 6.00. The summed E-state index contributed by atoms with van der Waals surface area (Å²) < 4.78 is 0. The summed E-state index contributed by atoms with van der Waals surface area (Å²) in [5.74, 6) is 0.197. The van der Waals surface area contributed by atoms with Gasteiger partial charge in [0.25, 0.3) is 0 Å². The molecule has 0 aromatic heterocycles. The van der Waals surface area contributed by atoms with Gasteiger partial charge in [-0.3, -0.25) is 15.0 Å². The Bertz CT molecular complexity index is 140. The van der Waals surface area contributed by atoms with Gasteiger partial charge >= 0.3 is 0 Å². The minimum Gasteiger partial charge on any atom is -0.299 e. The molecule has 0 aromatic rings. The van der Waals surface area contributed by atoms with Crippen molar-refractivity contribution in [2.75, 3.05) is 19.6 Å². The van der Waals surface area contributed by atoms with Gasteiger partial charge in [-0.2, -0.15) is 0 Å². The van der Waals surface area contributed by atoms with E-state index < -0.39 is 0 Å². The molecule has 1 aliphatic heterocycles. The number of carbonyl (C=O) groups excluding carboxylic acids is 1. The van der Waals surface area contributed by atoms with E-state index in [-0.39, 0.29) is 11.3 Å². The van der Waals surface area contributed by atoms with Crippen molar-refractivity contribution < 1.29 is 4.79 Å². The lowest BCUT2D eigenvalue weighted by molar-refractivity contribution is -0.118. The second kappa shape index (κ2) is 3.37. The molecule has 58 valence electrons. The van der Waals surface area contributed by atoms with Crippen LogP contribution in [-0.2, 0) is 4.79 Å². The SMILES string of the molecule is CC(=O)CN1CCNC1S. The Morgan fingerprint density at radius 2 is 2.60 bits per heavy atom. The van der Waals surface area contributed by atoms with Crippen LogP contribution in [0.1, 0.15) is 6.92 Å². The zero-order chi connectivity index (χ0) is 7.56. The molecule has 0 spiro atoms. The van der Waals surface area contributed by atoms with Gasteiger partial charge in [0.15, 0.2) is 0 Å². The van der Waals surface area contributed by atoms with Crippen molar-refractivity contribution in [1.82, 2.24) is 10.2 Å². The van der Waals surface area contributed by atoms with Crippen molar-refractivity contribution in [3.63, 3.8) is 0 Å². The van der Waals surface area contributed by atoms with Crippen molar-refractivity contribution >= 4 is 18.4 Å². The maximum Gasteiger partial charge on any atom is 0.143 e. The maximum atomic E-state index is 10.6. The van der Waals surface area contributed by atoms with Gasteiger partial charge in [0.1, 0.15) is 11.3 Å². The third-order valence-corrected chi connectivity index (χ3v) is 2.01. The third kappa shape index (κ3) is 1.97. The second-order valence-electron chi connectivity index (χ2n) is 2.50. The predicted molar refractivity (Wildman–Crippen MR) is 43.0 cm³/mol. The lowest BCUT2D eigenvalue weighted by atomic mass is 10.4. The lowest BCUT2D eigenvalue weighted by Crippen LogP contribution is -2.34. The number of carbonyl (C=O) groups is 1. The van der Waals surface area contributed by atoms with E-state index in [1.807, 2.05) is 4.90 Å². The van der Waals surface area contributed by atoms with Crippen LogP contribution in [0.25, 0.3) is 0 Å². The van der Waals surface area contributed by atoms with Crippen LogP contribution in [0.15, 0.2) is 0 Å². The fourth-order valence-corrected chi connectivity index (χ4v) is 1.37. The summed E-state index contributed by atoms with van der Waals surface area (Å²) in [5, 5.41) is 3.11. The van der Waals surface area contributed by atoms with Gasteiger partial charge < -0.3 is 0 Å². The number of ketones is 1. The van der Waals surface area contributed by atoms with Crippen LogP contribution in [0.2, 0.25) is 0 Å². The summed E-state index contributed by atoms with van der Waals surface area (Å²) in [6, 6.07) is 0. The van der Waals surface area contributed by atoms with E-state index in [1.54, 1.807) is 6.92 Å². The van der Waals surface area contributed by atoms with Crippen LogP contribution in [-0.4, -0.2) is 35.8 Å². The molecule has 1 unspecified atom stereocenters. The van der Waals surface area contributed by atoms with Gasteiger partial charge in [0.05, 0.1) is 6.54 Å². The highest BCUT2D eigenvalue weighted by atomic mass is 32.1. The molecule has 1 saturated heterocycles. The molecule has 1 fully saturated rings. The van der Waals surface area contributed by atoms with Gasteiger partial charge in [-0.25, -0.2) is 0 Å². The summed E-state index contributed by atoms with van der Waals surface area (Å²) in [6.45, 7) is 3.97. The van der Waals surface area contributed by atoms with Crippen molar-refractivity contribution in [2.45, 2.75) is 12.4 Å². The van der Waals surface area contributed by atoms with E-state index in [2.05, 4.69) is 17.9 Å². The van der Waals surface area contributed by atoms with Gasteiger partial charge in [0, 0.05) is 13.1 Å². The summed E-state index contributed by atoms with van der Waals surface area (Å²) in [7, 11) is 0. The Morgan fingerprint density at radius 3 is 3.00 bits per heavy atom. The van der Waals surface area contributed by atoms with Gasteiger partial charge in [0.2, 0.25) is 0 Å².